The number of nitrogens with one attached hydrogen (secondary N) is 1. The molecule has 6 nitrogen and oxygen atoms in total. The van der Waals surface area contributed by atoms with E-state index in [-0.39, 0.29) is 17.7 Å². The number of hydrogen-bond donors (Lipinski definition) is 1. The molecule has 0 saturated carbocycles. The molecule has 2 saturated heterocycles. The first-order valence-electron chi connectivity index (χ1n) is 8.82. The fraction of sp³-hybridized carbons (Fsp3) is 0.250. The minimum atomic E-state index is -1.25. The highest BCUT2D eigenvalue weighted by Gasteiger charge is 2.70. The molecule has 28 heavy (non-hydrogen) atoms. The first-order valence-corrected chi connectivity index (χ1v) is 9.57. The number of likely N-dealkylation sites (N-methyl/N-ethyl adjacent to an activating group) is 1. The van der Waals surface area contributed by atoms with Crippen molar-refractivity contribution in [1.82, 2.24) is 4.90 Å². The Morgan fingerprint density at radius 3 is 2.39 bits per heavy atom. The fourth-order valence-corrected chi connectivity index (χ4v) is 5.17. The Balaban J connectivity index is 1.67. The number of carbonyl (C=O) groups excluding carboxylic acids is 3. The molecular weight excluding hydrogens is 401 g/mol. The number of benzene rings is 2. The van der Waals surface area contributed by atoms with Crippen molar-refractivity contribution in [2.24, 2.45) is 11.8 Å². The van der Waals surface area contributed by atoms with Gasteiger partial charge in [-0.25, -0.2) is 4.90 Å². The van der Waals surface area contributed by atoms with Crippen LogP contribution in [0.15, 0.2) is 42.5 Å². The van der Waals surface area contributed by atoms with Crippen molar-refractivity contribution in [2.45, 2.75) is 5.54 Å². The Kier molecular flexibility index (Phi) is 3.66. The zero-order valence-electron chi connectivity index (χ0n) is 14.8. The van der Waals surface area contributed by atoms with Crippen LogP contribution in [0.5, 0.6) is 0 Å². The van der Waals surface area contributed by atoms with Gasteiger partial charge in [-0.15, -0.1) is 0 Å². The molecule has 2 aromatic carbocycles. The predicted octanol–water partition coefficient (Wildman–Crippen LogP) is 2.89. The Bertz CT molecular complexity index is 1060. The van der Waals surface area contributed by atoms with Gasteiger partial charge >= 0.3 is 0 Å². The summed E-state index contributed by atoms with van der Waals surface area (Å²) in [7, 11) is 1.76. The number of amides is 3. The maximum Gasteiger partial charge on any atom is 0.250 e. The highest BCUT2D eigenvalue weighted by Crippen LogP contribution is 2.55. The van der Waals surface area contributed by atoms with E-state index in [0.717, 1.165) is 0 Å². The van der Waals surface area contributed by atoms with Gasteiger partial charge in [0.2, 0.25) is 17.7 Å². The average molecular weight is 416 g/mol. The standard InChI is InChI=1S/C20H15Cl2N3O3/c1-24-9-13-16(18(27)25(17(13)26)12-5-2-10(21)3-6-12)20(24)14-8-11(22)4-7-15(14)23-19(20)28/h2-8,13,16H,9H2,1H3,(H,23,28). The molecule has 2 fully saturated rings. The fourth-order valence-electron chi connectivity index (χ4n) is 4.87. The van der Waals surface area contributed by atoms with Gasteiger partial charge < -0.3 is 5.32 Å². The zero-order chi connectivity index (χ0) is 19.8. The quantitative estimate of drug-likeness (QED) is 0.726. The van der Waals surface area contributed by atoms with Gasteiger partial charge in [-0.3, -0.25) is 19.3 Å². The molecule has 3 aliphatic rings. The number of nitrogens with zero attached hydrogens (tertiary/aromatic N) is 2. The van der Waals surface area contributed by atoms with Crippen molar-refractivity contribution in [3.8, 4) is 0 Å². The SMILES string of the molecule is CN1CC2C(=O)N(c3ccc(Cl)cc3)C(=O)C2C12C(=O)Nc1ccc(Cl)cc12. The maximum absolute atomic E-state index is 13.5. The predicted molar refractivity (Wildman–Crippen MR) is 105 cm³/mol. The molecule has 3 heterocycles. The molecule has 8 heteroatoms. The van der Waals surface area contributed by atoms with Crippen LogP contribution in [0.4, 0.5) is 11.4 Å². The van der Waals surface area contributed by atoms with Crippen molar-refractivity contribution < 1.29 is 14.4 Å². The Labute approximate surface area is 171 Å². The van der Waals surface area contributed by atoms with E-state index in [1.807, 2.05) is 0 Å². The van der Waals surface area contributed by atoms with Gasteiger partial charge in [0.25, 0.3) is 0 Å². The van der Waals surface area contributed by atoms with Gasteiger partial charge in [-0.1, -0.05) is 23.2 Å². The van der Waals surface area contributed by atoms with Crippen molar-refractivity contribution >= 4 is 52.3 Å². The summed E-state index contributed by atoms with van der Waals surface area (Å²) in [6.07, 6.45) is 0. The van der Waals surface area contributed by atoms with E-state index < -0.39 is 17.4 Å². The summed E-state index contributed by atoms with van der Waals surface area (Å²) in [6.45, 7) is 0.304. The van der Waals surface area contributed by atoms with E-state index in [2.05, 4.69) is 5.32 Å². The van der Waals surface area contributed by atoms with Crippen molar-refractivity contribution in [1.29, 1.82) is 0 Å². The average Bonchev–Trinajstić information content (AvgIpc) is 3.21. The Hall–Kier alpha value is -2.41. The maximum atomic E-state index is 13.5. The van der Waals surface area contributed by atoms with E-state index in [0.29, 0.717) is 33.5 Å². The molecule has 1 spiro atoms. The van der Waals surface area contributed by atoms with E-state index in [1.165, 1.54) is 4.90 Å². The molecule has 3 aliphatic heterocycles. The molecule has 3 unspecified atom stereocenters. The van der Waals surface area contributed by atoms with Crippen LogP contribution < -0.4 is 10.2 Å². The largest absolute Gasteiger partial charge is 0.324 e. The molecule has 3 amide bonds. The summed E-state index contributed by atoms with van der Waals surface area (Å²) < 4.78 is 0. The van der Waals surface area contributed by atoms with E-state index >= 15 is 0 Å². The van der Waals surface area contributed by atoms with Gasteiger partial charge in [0.05, 0.1) is 17.5 Å². The molecule has 5 rings (SSSR count). The lowest BCUT2D eigenvalue weighted by atomic mass is 9.77. The second kappa shape index (κ2) is 5.80. The van der Waals surface area contributed by atoms with Crippen LogP contribution in [0, 0.1) is 11.8 Å². The van der Waals surface area contributed by atoms with Crippen LogP contribution in [-0.4, -0.2) is 36.2 Å². The molecule has 0 radical (unpaired) electrons. The van der Waals surface area contributed by atoms with E-state index in [1.54, 1.807) is 54.4 Å². The number of likely N-dealkylation sites (tertiary alicyclic amines) is 1. The lowest BCUT2D eigenvalue weighted by Crippen LogP contribution is -2.52. The monoisotopic (exact) mass is 415 g/mol. The van der Waals surface area contributed by atoms with Crippen LogP contribution in [0.2, 0.25) is 10.0 Å². The summed E-state index contributed by atoms with van der Waals surface area (Å²) in [6, 6.07) is 11.6. The molecule has 0 aromatic heterocycles. The molecular formula is C20H15Cl2N3O3. The van der Waals surface area contributed by atoms with Gasteiger partial charge in [-0.05, 0) is 49.5 Å². The summed E-state index contributed by atoms with van der Waals surface area (Å²) in [5.41, 5.74) is 0.459. The summed E-state index contributed by atoms with van der Waals surface area (Å²) in [5, 5.41) is 3.84. The molecule has 142 valence electrons. The van der Waals surface area contributed by atoms with Crippen molar-refractivity contribution in [3.63, 3.8) is 0 Å². The van der Waals surface area contributed by atoms with Crippen molar-refractivity contribution in [3.05, 3.63) is 58.1 Å². The Morgan fingerprint density at radius 1 is 1.00 bits per heavy atom. The molecule has 1 N–H and O–H groups in total. The van der Waals surface area contributed by atoms with Gasteiger partial charge in [0.1, 0.15) is 5.54 Å². The third kappa shape index (κ3) is 2.05. The van der Waals surface area contributed by atoms with Gasteiger partial charge in [-0.2, -0.15) is 0 Å². The van der Waals surface area contributed by atoms with Crippen LogP contribution >= 0.6 is 23.2 Å². The molecule has 2 aromatic rings. The Morgan fingerprint density at radius 2 is 1.68 bits per heavy atom. The van der Waals surface area contributed by atoms with E-state index in [9.17, 15) is 14.4 Å². The van der Waals surface area contributed by atoms with Crippen LogP contribution in [0.1, 0.15) is 5.56 Å². The number of rotatable bonds is 1. The number of fused-ring (bicyclic) bond motifs is 4. The topological polar surface area (TPSA) is 69.7 Å². The van der Waals surface area contributed by atoms with E-state index in [4.69, 9.17) is 23.2 Å². The minimum absolute atomic E-state index is 0.302. The second-order valence-corrected chi connectivity index (χ2v) is 8.24. The minimum Gasteiger partial charge on any atom is -0.324 e. The first kappa shape index (κ1) is 17.7. The molecule has 0 aliphatic carbocycles. The van der Waals surface area contributed by atoms with Crippen LogP contribution in [0.3, 0.4) is 0 Å². The normalized spacial score (nSPS) is 28.8. The first-order chi connectivity index (χ1) is 13.4. The van der Waals surface area contributed by atoms with Gasteiger partial charge in [0.15, 0.2) is 0 Å². The highest BCUT2D eigenvalue weighted by molar-refractivity contribution is 6.31. The van der Waals surface area contributed by atoms with Crippen molar-refractivity contribution in [2.75, 3.05) is 23.8 Å². The number of imide groups is 1. The lowest BCUT2D eigenvalue weighted by Gasteiger charge is -2.34. The smallest absolute Gasteiger partial charge is 0.250 e. The number of hydrogen-bond acceptors (Lipinski definition) is 4. The highest BCUT2D eigenvalue weighted by atomic mass is 35.5. The summed E-state index contributed by atoms with van der Waals surface area (Å²) in [4.78, 5) is 42.7. The molecule has 3 atom stereocenters. The zero-order valence-corrected chi connectivity index (χ0v) is 16.3. The lowest BCUT2D eigenvalue weighted by molar-refractivity contribution is -0.134. The number of halogens is 2. The summed E-state index contributed by atoms with van der Waals surface area (Å²) >= 11 is 12.1. The number of anilines is 2. The van der Waals surface area contributed by atoms with Crippen LogP contribution in [0.25, 0.3) is 0 Å². The third-order valence-corrected chi connectivity index (χ3v) is 6.51. The van der Waals surface area contributed by atoms with Gasteiger partial charge in [0, 0.05) is 27.8 Å². The molecule has 0 bridgehead atoms. The third-order valence-electron chi connectivity index (χ3n) is 6.02. The number of carbonyl (C=O) groups is 3. The van der Waals surface area contributed by atoms with Crippen LogP contribution in [-0.2, 0) is 19.9 Å². The summed E-state index contributed by atoms with van der Waals surface area (Å²) in [5.74, 6) is -2.42. The second-order valence-electron chi connectivity index (χ2n) is 7.36.